The molecular weight excluding hydrogens is 166 g/mol. The van der Waals surface area contributed by atoms with Crippen LogP contribution in [0, 0.1) is 5.41 Å². The lowest BCUT2D eigenvalue weighted by molar-refractivity contribution is 0.111. The van der Waals surface area contributed by atoms with Crippen LogP contribution in [-0.4, -0.2) is 25.0 Å². The molecule has 0 bridgehead atoms. The minimum Gasteiger partial charge on any atom is -0.370 e. The largest absolute Gasteiger partial charge is 0.370 e. The number of nitrogens with one attached hydrogen (secondary N) is 2. The fraction of sp³-hybridized carbons (Fsp3) is 0.833. The highest BCUT2D eigenvalue weighted by Crippen LogP contribution is 2.03. The third-order valence-electron chi connectivity index (χ3n) is 1.35. The van der Waals surface area contributed by atoms with Crippen molar-refractivity contribution in [2.24, 2.45) is 11.5 Å². The van der Waals surface area contributed by atoms with Gasteiger partial charge in [-0.3, -0.25) is 5.41 Å². The molecule has 0 aliphatic carbocycles. The van der Waals surface area contributed by atoms with Gasteiger partial charge in [-0.1, -0.05) is 0 Å². The molecule has 0 radical (unpaired) electrons. The molecule has 1 unspecified atom stereocenters. The van der Waals surface area contributed by atoms with Gasteiger partial charge < -0.3 is 16.8 Å². The topological polar surface area (TPSA) is 87.9 Å². The molecule has 0 saturated carbocycles. The molecule has 0 heterocycles. The highest BCUT2D eigenvalue weighted by atomic mass is 19.3. The summed E-state index contributed by atoms with van der Waals surface area (Å²) in [6, 6.07) is -1.07. The van der Waals surface area contributed by atoms with Crippen molar-refractivity contribution in [3.63, 3.8) is 0 Å². The van der Waals surface area contributed by atoms with Crippen molar-refractivity contribution in [3.8, 4) is 0 Å². The molecule has 1 atom stereocenters. The fourth-order valence-electron chi connectivity index (χ4n) is 0.687. The quantitative estimate of drug-likeness (QED) is 0.269. The molecule has 0 amide bonds. The SMILES string of the molecule is N=C(N)NCCCC(N)C(F)F. The molecule has 0 aliphatic rings. The number of guanidine groups is 1. The number of hydrogen-bond acceptors (Lipinski definition) is 2. The van der Waals surface area contributed by atoms with E-state index in [9.17, 15) is 8.78 Å². The van der Waals surface area contributed by atoms with Crippen LogP contribution in [0.15, 0.2) is 0 Å². The van der Waals surface area contributed by atoms with E-state index in [0.717, 1.165) is 0 Å². The average molecular weight is 180 g/mol. The van der Waals surface area contributed by atoms with E-state index >= 15 is 0 Å². The molecule has 6 N–H and O–H groups in total. The fourth-order valence-corrected chi connectivity index (χ4v) is 0.687. The van der Waals surface area contributed by atoms with Gasteiger partial charge in [0.1, 0.15) is 0 Å². The van der Waals surface area contributed by atoms with E-state index in [4.69, 9.17) is 16.9 Å². The Bertz CT molecular complexity index is 140. The Balaban J connectivity index is 3.25. The molecule has 0 saturated heterocycles. The Hall–Kier alpha value is -0.910. The average Bonchev–Trinajstić information content (AvgIpc) is 1.97. The predicted octanol–water partition coefficient (Wildman–Crippen LogP) is -0.158. The first-order valence-electron chi connectivity index (χ1n) is 3.65. The standard InChI is InChI=1S/C6H14F2N4/c7-5(8)4(9)2-1-3-12-6(10)11/h4-5H,1-3,9H2,(H4,10,11,12). The zero-order chi connectivity index (χ0) is 9.56. The van der Waals surface area contributed by atoms with Gasteiger partial charge >= 0.3 is 0 Å². The van der Waals surface area contributed by atoms with Crippen LogP contribution in [-0.2, 0) is 0 Å². The highest BCUT2D eigenvalue weighted by molar-refractivity contribution is 5.74. The Labute approximate surface area is 69.8 Å². The lowest BCUT2D eigenvalue weighted by Gasteiger charge is -2.09. The van der Waals surface area contributed by atoms with Crippen LogP contribution in [0.25, 0.3) is 0 Å². The monoisotopic (exact) mass is 180 g/mol. The maximum atomic E-state index is 11.8. The van der Waals surface area contributed by atoms with Gasteiger partial charge in [0.2, 0.25) is 0 Å². The molecule has 0 aromatic carbocycles. The predicted molar refractivity (Wildman–Crippen MR) is 43.1 cm³/mol. The van der Waals surface area contributed by atoms with Crippen molar-refractivity contribution in [1.82, 2.24) is 5.32 Å². The summed E-state index contributed by atoms with van der Waals surface area (Å²) >= 11 is 0. The van der Waals surface area contributed by atoms with Crippen LogP contribution >= 0.6 is 0 Å². The van der Waals surface area contributed by atoms with E-state index in [1.165, 1.54) is 0 Å². The molecule has 6 heteroatoms. The van der Waals surface area contributed by atoms with E-state index in [2.05, 4.69) is 5.32 Å². The van der Waals surface area contributed by atoms with Gasteiger partial charge in [0.05, 0.1) is 6.04 Å². The Kier molecular flexibility index (Phi) is 5.27. The molecular formula is C6H14F2N4. The normalized spacial score (nSPS) is 13.0. The summed E-state index contributed by atoms with van der Waals surface area (Å²) in [6.45, 7) is 0.412. The first-order chi connectivity index (χ1) is 5.54. The third kappa shape index (κ3) is 5.84. The Morgan fingerprint density at radius 3 is 2.50 bits per heavy atom. The molecule has 0 spiro atoms. The molecule has 0 aromatic rings. The summed E-state index contributed by atoms with van der Waals surface area (Å²) in [5, 5.41) is 9.25. The smallest absolute Gasteiger partial charge is 0.253 e. The van der Waals surface area contributed by atoms with Gasteiger partial charge in [-0.25, -0.2) is 8.78 Å². The maximum Gasteiger partial charge on any atom is 0.253 e. The molecule has 4 nitrogen and oxygen atoms in total. The van der Waals surface area contributed by atoms with E-state index in [0.29, 0.717) is 13.0 Å². The molecule has 0 rings (SSSR count). The number of hydrogen-bond donors (Lipinski definition) is 4. The zero-order valence-electron chi connectivity index (χ0n) is 6.69. The highest BCUT2D eigenvalue weighted by Gasteiger charge is 2.13. The van der Waals surface area contributed by atoms with E-state index in [-0.39, 0.29) is 12.4 Å². The van der Waals surface area contributed by atoms with Crippen LogP contribution in [0.5, 0.6) is 0 Å². The summed E-state index contributed by atoms with van der Waals surface area (Å²) < 4.78 is 23.6. The number of nitrogens with two attached hydrogens (primary N) is 2. The Morgan fingerprint density at radius 2 is 2.08 bits per heavy atom. The number of alkyl halides is 2. The summed E-state index contributed by atoms with van der Waals surface area (Å²) in [7, 11) is 0. The summed E-state index contributed by atoms with van der Waals surface area (Å²) in [6.07, 6.45) is -1.74. The lowest BCUT2D eigenvalue weighted by Crippen LogP contribution is -2.33. The number of halogens is 2. The van der Waals surface area contributed by atoms with E-state index in [1.54, 1.807) is 0 Å². The molecule has 72 valence electrons. The van der Waals surface area contributed by atoms with Crippen molar-refractivity contribution in [1.29, 1.82) is 5.41 Å². The first kappa shape index (κ1) is 11.1. The van der Waals surface area contributed by atoms with Gasteiger partial charge in [-0.2, -0.15) is 0 Å². The van der Waals surface area contributed by atoms with Crippen LogP contribution < -0.4 is 16.8 Å². The van der Waals surface area contributed by atoms with Crippen molar-refractivity contribution in [2.45, 2.75) is 25.3 Å². The molecule has 0 aliphatic heterocycles. The second-order valence-corrected chi connectivity index (χ2v) is 2.48. The van der Waals surface area contributed by atoms with Crippen LogP contribution in [0.3, 0.4) is 0 Å². The van der Waals surface area contributed by atoms with Crippen LogP contribution in [0.1, 0.15) is 12.8 Å². The Morgan fingerprint density at radius 1 is 1.50 bits per heavy atom. The second kappa shape index (κ2) is 5.70. The van der Waals surface area contributed by atoms with Crippen molar-refractivity contribution in [3.05, 3.63) is 0 Å². The van der Waals surface area contributed by atoms with Gasteiger partial charge in [-0.05, 0) is 12.8 Å². The first-order valence-corrected chi connectivity index (χ1v) is 3.65. The van der Waals surface area contributed by atoms with Gasteiger partial charge in [0.15, 0.2) is 5.96 Å². The van der Waals surface area contributed by atoms with Crippen molar-refractivity contribution >= 4 is 5.96 Å². The van der Waals surface area contributed by atoms with Crippen molar-refractivity contribution < 1.29 is 8.78 Å². The van der Waals surface area contributed by atoms with Crippen LogP contribution in [0.2, 0.25) is 0 Å². The summed E-state index contributed by atoms with van der Waals surface area (Å²) in [5.41, 5.74) is 10.0. The summed E-state index contributed by atoms with van der Waals surface area (Å²) in [4.78, 5) is 0. The summed E-state index contributed by atoms with van der Waals surface area (Å²) in [5.74, 6) is -0.152. The van der Waals surface area contributed by atoms with E-state index < -0.39 is 12.5 Å². The lowest BCUT2D eigenvalue weighted by atomic mass is 10.2. The van der Waals surface area contributed by atoms with Gasteiger partial charge in [-0.15, -0.1) is 0 Å². The van der Waals surface area contributed by atoms with Crippen molar-refractivity contribution in [2.75, 3.05) is 6.54 Å². The maximum absolute atomic E-state index is 11.8. The minimum atomic E-state index is -2.47. The number of rotatable bonds is 5. The second-order valence-electron chi connectivity index (χ2n) is 2.48. The van der Waals surface area contributed by atoms with Crippen LogP contribution in [0.4, 0.5) is 8.78 Å². The minimum absolute atomic E-state index is 0.152. The zero-order valence-corrected chi connectivity index (χ0v) is 6.69. The third-order valence-corrected chi connectivity index (χ3v) is 1.35. The molecule has 0 fully saturated rings. The molecule has 0 aromatic heterocycles. The van der Waals surface area contributed by atoms with Gasteiger partial charge in [0.25, 0.3) is 6.43 Å². The van der Waals surface area contributed by atoms with E-state index in [1.807, 2.05) is 0 Å². The molecule has 12 heavy (non-hydrogen) atoms. The van der Waals surface area contributed by atoms with Gasteiger partial charge in [0, 0.05) is 6.54 Å².